The predicted molar refractivity (Wildman–Crippen MR) is 76.8 cm³/mol. The van der Waals surface area contributed by atoms with Crippen molar-refractivity contribution in [1.82, 2.24) is 5.32 Å². The van der Waals surface area contributed by atoms with E-state index in [1.54, 1.807) is 17.9 Å². The summed E-state index contributed by atoms with van der Waals surface area (Å²) >= 11 is 0. The average molecular weight is 276 g/mol. The van der Waals surface area contributed by atoms with Crippen molar-refractivity contribution in [3.8, 4) is 5.75 Å². The van der Waals surface area contributed by atoms with Crippen molar-refractivity contribution in [3.05, 3.63) is 24.3 Å². The molecule has 1 N–H and O–H groups in total. The molecule has 0 aliphatic carbocycles. The highest BCUT2D eigenvalue weighted by molar-refractivity contribution is 6.08. The van der Waals surface area contributed by atoms with Crippen molar-refractivity contribution in [3.63, 3.8) is 0 Å². The molecular formula is C15H20N2O3. The number of nitrogens with one attached hydrogen (secondary N) is 1. The zero-order valence-electron chi connectivity index (χ0n) is 12.1. The zero-order chi connectivity index (χ0) is 14.7. The maximum atomic E-state index is 12.5. The van der Waals surface area contributed by atoms with Crippen molar-refractivity contribution in [2.75, 3.05) is 11.5 Å². The Kier molecular flexibility index (Phi) is 4.27. The minimum absolute atomic E-state index is 0.0757. The van der Waals surface area contributed by atoms with Crippen molar-refractivity contribution >= 4 is 17.5 Å². The molecule has 1 fully saturated rings. The molecule has 108 valence electrons. The second kappa shape index (κ2) is 5.94. The lowest BCUT2D eigenvalue weighted by Crippen LogP contribution is -2.62. The summed E-state index contributed by atoms with van der Waals surface area (Å²) in [5, 5.41) is 2.74. The van der Waals surface area contributed by atoms with Crippen LogP contribution in [0.2, 0.25) is 0 Å². The van der Waals surface area contributed by atoms with Crippen LogP contribution in [0, 0.1) is 0 Å². The van der Waals surface area contributed by atoms with E-state index in [0.29, 0.717) is 24.5 Å². The Morgan fingerprint density at radius 2 is 2.05 bits per heavy atom. The normalized spacial score (nSPS) is 22.6. The Hall–Kier alpha value is -2.04. The molecular weight excluding hydrogens is 256 g/mol. The minimum atomic E-state index is -0.512. The molecule has 1 saturated heterocycles. The number of nitrogens with zero attached hydrogens (tertiary/aromatic N) is 1. The molecule has 20 heavy (non-hydrogen) atoms. The number of benzene rings is 1. The third kappa shape index (κ3) is 2.61. The van der Waals surface area contributed by atoms with Crippen LogP contribution in [-0.2, 0) is 9.59 Å². The Morgan fingerprint density at radius 1 is 1.30 bits per heavy atom. The van der Waals surface area contributed by atoms with E-state index in [-0.39, 0.29) is 11.8 Å². The van der Waals surface area contributed by atoms with Gasteiger partial charge >= 0.3 is 0 Å². The van der Waals surface area contributed by atoms with Crippen LogP contribution >= 0.6 is 0 Å². The summed E-state index contributed by atoms with van der Waals surface area (Å²) in [4.78, 5) is 26.0. The summed E-state index contributed by atoms with van der Waals surface area (Å²) < 4.78 is 5.45. The van der Waals surface area contributed by atoms with E-state index in [1.807, 2.05) is 32.0 Å². The van der Waals surface area contributed by atoms with Gasteiger partial charge < -0.3 is 10.1 Å². The maximum absolute atomic E-state index is 12.5. The largest absolute Gasteiger partial charge is 0.494 e. The van der Waals surface area contributed by atoms with Crippen molar-refractivity contribution < 1.29 is 14.3 Å². The van der Waals surface area contributed by atoms with Gasteiger partial charge in [-0.25, -0.2) is 0 Å². The van der Waals surface area contributed by atoms with Crippen molar-refractivity contribution in [2.45, 2.75) is 39.3 Å². The van der Waals surface area contributed by atoms with E-state index < -0.39 is 12.1 Å². The standard InChI is InChI=1S/C15H20N2O3/c1-4-13-15(19)17(10(3)14(18)16-13)11-7-6-8-12(9-11)20-5-2/h6-10,13H,4-5H2,1-3H3,(H,16,18). The summed E-state index contributed by atoms with van der Waals surface area (Å²) in [7, 11) is 0. The SMILES string of the molecule is CCOc1cccc(N2C(=O)C(CC)NC(=O)C2C)c1. The molecule has 1 aliphatic rings. The molecule has 2 amide bonds. The number of hydrogen-bond donors (Lipinski definition) is 1. The van der Waals surface area contributed by atoms with Crippen molar-refractivity contribution in [1.29, 1.82) is 0 Å². The lowest BCUT2D eigenvalue weighted by atomic mass is 10.1. The summed E-state index contributed by atoms with van der Waals surface area (Å²) in [5.41, 5.74) is 0.696. The molecule has 5 nitrogen and oxygen atoms in total. The number of carbonyl (C=O) groups is 2. The first kappa shape index (κ1) is 14.4. The molecule has 5 heteroatoms. The van der Waals surface area contributed by atoms with E-state index in [0.717, 1.165) is 0 Å². The molecule has 2 atom stereocenters. The number of amides is 2. The topological polar surface area (TPSA) is 58.6 Å². The van der Waals surface area contributed by atoms with Crippen LogP contribution in [0.4, 0.5) is 5.69 Å². The number of piperazine rings is 1. The Bertz CT molecular complexity index is 516. The summed E-state index contributed by atoms with van der Waals surface area (Å²) in [6, 6.07) is 6.32. The molecule has 0 bridgehead atoms. The second-order valence-electron chi connectivity index (χ2n) is 4.78. The van der Waals surface area contributed by atoms with Gasteiger partial charge in [0.2, 0.25) is 11.8 Å². The fraction of sp³-hybridized carbons (Fsp3) is 0.467. The molecule has 1 aromatic rings. The van der Waals surface area contributed by atoms with E-state index >= 15 is 0 Å². The molecule has 2 unspecified atom stereocenters. The molecule has 0 spiro atoms. The fourth-order valence-corrected chi connectivity index (χ4v) is 2.35. The molecule has 1 heterocycles. The van der Waals surface area contributed by atoms with Gasteiger partial charge in [-0.1, -0.05) is 13.0 Å². The molecule has 1 aromatic carbocycles. The number of rotatable bonds is 4. The van der Waals surface area contributed by atoms with Crippen LogP contribution in [0.15, 0.2) is 24.3 Å². The highest BCUT2D eigenvalue weighted by Crippen LogP contribution is 2.26. The molecule has 0 aromatic heterocycles. The van der Waals surface area contributed by atoms with E-state index in [2.05, 4.69) is 5.32 Å². The van der Waals surface area contributed by atoms with Gasteiger partial charge in [0.1, 0.15) is 17.8 Å². The summed E-state index contributed by atoms with van der Waals surface area (Å²) in [6.45, 7) is 6.08. The smallest absolute Gasteiger partial charge is 0.250 e. The van der Waals surface area contributed by atoms with Crippen LogP contribution in [0.25, 0.3) is 0 Å². The third-order valence-electron chi connectivity index (χ3n) is 3.43. The van der Waals surface area contributed by atoms with E-state index in [4.69, 9.17) is 4.74 Å². The first-order valence-corrected chi connectivity index (χ1v) is 6.94. The quantitative estimate of drug-likeness (QED) is 0.911. The lowest BCUT2D eigenvalue weighted by Gasteiger charge is -2.37. The minimum Gasteiger partial charge on any atom is -0.494 e. The van der Waals surface area contributed by atoms with Gasteiger partial charge in [0, 0.05) is 11.8 Å². The van der Waals surface area contributed by atoms with E-state index in [1.165, 1.54) is 0 Å². The first-order chi connectivity index (χ1) is 9.58. The number of hydrogen-bond acceptors (Lipinski definition) is 3. The zero-order valence-corrected chi connectivity index (χ0v) is 12.1. The van der Waals surface area contributed by atoms with Crippen LogP contribution < -0.4 is 15.0 Å². The van der Waals surface area contributed by atoms with Gasteiger partial charge in [-0.05, 0) is 32.4 Å². The highest BCUT2D eigenvalue weighted by Gasteiger charge is 2.38. The van der Waals surface area contributed by atoms with Crippen LogP contribution in [-0.4, -0.2) is 30.5 Å². The summed E-state index contributed by atoms with van der Waals surface area (Å²) in [6.07, 6.45) is 0.582. The maximum Gasteiger partial charge on any atom is 0.250 e. The average Bonchev–Trinajstić information content (AvgIpc) is 2.44. The number of ether oxygens (including phenoxy) is 1. The Morgan fingerprint density at radius 3 is 2.70 bits per heavy atom. The first-order valence-electron chi connectivity index (χ1n) is 6.94. The lowest BCUT2D eigenvalue weighted by molar-refractivity contribution is -0.133. The van der Waals surface area contributed by atoms with Crippen LogP contribution in [0.1, 0.15) is 27.2 Å². The molecule has 2 rings (SSSR count). The van der Waals surface area contributed by atoms with Gasteiger partial charge in [-0.2, -0.15) is 0 Å². The van der Waals surface area contributed by atoms with Gasteiger partial charge in [0.25, 0.3) is 0 Å². The monoisotopic (exact) mass is 276 g/mol. The number of carbonyl (C=O) groups excluding carboxylic acids is 2. The summed E-state index contributed by atoms with van der Waals surface area (Å²) in [5.74, 6) is 0.496. The Labute approximate surface area is 118 Å². The predicted octanol–water partition coefficient (Wildman–Crippen LogP) is 1.72. The molecule has 1 aliphatic heterocycles. The third-order valence-corrected chi connectivity index (χ3v) is 3.43. The van der Waals surface area contributed by atoms with Crippen molar-refractivity contribution in [2.24, 2.45) is 0 Å². The highest BCUT2D eigenvalue weighted by atomic mass is 16.5. The van der Waals surface area contributed by atoms with Gasteiger partial charge in [-0.15, -0.1) is 0 Å². The Balaban J connectivity index is 2.34. The van der Waals surface area contributed by atoms with Crippen LogP contribution in [0.3, 0.4) is 0 Å². The van der Waals surface area contributed by atoms with Gasteiger partial charge in [0.15, 0.2) is 0 Å². The molecule has 0 saturated carbocycles. The second-order valence-corrected chi connectivity index (χ2v) is 4.78. The van der Waals surface area contributed by atoms with Gasteiger partial charge in [0.05, 0.1) is 6.61 Å². The van der Waals surface area contributed by atoms with Crippen LogP contribution in [0.5, 0.6) is 5.75 Å². The fourth-order valence-electron chi connectivity index (χ4n) is 2.35. The van der Waals surface area contributed by atoms with Gasteiger partial charge in [-0.3, -0.25) is 14.5 Å². The van der Waals surface area contributed by atoms with E-state index in [9.17, 15) is 9.59 Å². The molecule has 0 radical (unpaired) electrons. The number of anilines is 1.